The van der Waals surface area contributed by atoms with Gasteiger partial charge in [-0.05, 0) is 35.8 Å². The van der Waals surface area contributed by atoms with Crippen LogP contribution < -0.4 is 11.3 Å². The largest absolute Gasteiger partial charge is 0.271 e. The average Bonchev–Trinajstić information content (AvgIpc) is 2.30. The smallest absolute Gasteiger partial charge is 0.129 e. The maximum Gasteiger partial charge on any atom is 0.129 e. The first-order valence-corrected chi connectivity index (χ1v) is 6.64. The number of halogens is 2. The lowest BCUT2D eigenvalue weighted by atomic mass is 9.78. The third-order valence-electron chi connectivity index (χ3n) is 3.83. The predicted molar refractivity (Wildman–Crippen MR) is 74.4 cm³/mol. The maximum atomic E-state index is 13.6. The molecule has 0 aliphatic rings. The summed E-state index contributed by atoms with van der Waals surface area (Å²) in [6.07, 6.45) is 1.31. The van der Waals surface area contributed by atoms with E-state index in [4.69, 9.17) is 5.84 Å². The highest BCUT2D eigenvalue weighted by Gasteiger charge is 2.23. The van der Waals surface area contributed by atoms with E-state index >= 15 is 0 Å². The molecule has 1 rings (SSSR count). The molecule has 0 radical (unpaired) electrons. The summed E-state index contributed by atoms with van der Waals surface area (Å²) in [5, 5.41) is 0. The first-order chi connectivity index (χ1) is 8.74. The van der Waals surface area contributed by atoms with Crippen molar-refractivity contribution in [3.63, 3.8) is 0 Å². The number of hydrogen-bond donors (Lipinski definition) is 2. The van der Waals surface area contributed by atoms with Crippen LogP contribution in [0.4, 0.5) is 8.78 Å². The molecule has 0 bridgehead atoms. The first-order valence-electron chi connectivity index (χ1n) is 6.64. The summed E-state index contributed by atoms with van der Waals surface area (Å²) in [6, 6.07) is 3.65. The summed E-state index contributed by atoms with van der Waals surface area (Å²) in [5.74, 6) is 4.92. The van der Waals surface area contributed by atoms with Crippen LogP contribution in [-0.4, -0.2) is 6.04 Å². The lowest BCUT2D eigenvalue weighted by molar-refractivity contribution is 0.222. The molecule has 0 aliphatic heterocycles. The van der Waals surface area contributed by atoms with Crippen LogP contribution in [0.15, 0.2) is 18.2 Å². The minimum absolute atomic E-state index is 0.0193. The number of hydrazine groups is 1. The van der Waals surface area contributed by atoms with Crippen molar-refractivity contribution < 1.29 is 8.78 Å². The van der Waals surface area contributed by atoms with Gasteiger partial charge in [-0.1, -0.05) is 33.8 Å². The third kappa shape index (κ3) is 4.88. The summed E-state index contributed by atoms with van der Waals surface area (Å²) in [7, 11) is 0. The average molecular weight is 270 g/mol. The Bertz CT molecular complexity index is 413. The van der Waals surface area contributed by atoms with Gasteiger partial charge >= 0.3 is 0 Å². The Morgan fingerprint density at radius 2 is 1.89 bits per heavy atom. The topological polar surface area (TPSA) is 38.0 Å². The zero-order valence-corrected chi connectivity index (χ0v) is 12.1. The Hall–Kier alpha value is -1.00. The molecule has 0 fully saturated rings. The summed E-state index contributed by atoms with van der Waals surface area (Å²) in [6.45, 7) is 8.67. The minimum Gasteiger partial charge on any atom is -0.271 e. The van der Waals surface area contributed by atoms with E-state index < -0.39 is 11.6 Å². The fraction of sp³-hybridized carbons (Fsp3) is 0.600. The van der Waals surface area contributed by atoms with Crippen LogP contribution in [0.3, 0.4) is 0 Å². The Labute approximate surface area is 114 Å². The summed E-state index contributed by atoms with van der Waals surface area (Å²) < 4.78 is 26.5. The number of rotatable bonds is 5. The minimum atomic E-state index is -0.554. The van der Waals surface area contributed by atoms with E-state index in [1.54, 1.807) is 0 Å². The highest BCUT2D eigenvalue weighted by Crippen LogP contribution is 2.29. The Morgan fingerprint density at radius 3 is 2.37 bits per heavy atom. The van der Waals surface area contributed by atoms with Crippen LogP contribution in [-0.2, 0) is 6.42 Å². The molecule has 2 unspecified atom stereocenters. The second kappa shape index (κ2) is 6.44. The van der Waals surface area contributed by atoms with Crippen molar-refractivity contribution in [2.75, 3.05) is 0 Å². The molecule has 0 saturated carbocycles. The van der Waals surface area contributed by atoms with Gasteiger partial charge in [-0.3, -0.25) is 11.3 Å². The zero-order valence-electron chi connectivity index (χ0n) is 12.1. The van der Waals surface area contributed by atoms with Gasteiger partial charge in [0.15, 0.2) is 0 Å². The molecule has 4 heteroatoms. The van der Waals surface area contributed by atoms with Crippen LogP contribution in [0.25, 0.3) is 0 Å². The lowest BCUT2D eigenvalue weighted by Crippen LogP contribution is -2.39. The van der Waals surface area contributed by atoms with Crippen molar-refractivity contribution in [2.24, 2.45) is 17.2 Å². The summed E-state index contributed by atoms with van der Waals surface area (Å²) in [4.78, 5) is 0. The van der Waals surface area contributed by atoms with Gasteiger partial charge in [-0.15, -0.1) is 0 Å². The first kappa shape index (κ1) is 16.1. The van der Waals surface area contributed by atoms with Gasteiger partial charge < -0.3 is 0 Å². The van der Waals surface area contributed by atoms with Crippen molar-refractivity contribution in [1.29, 1.82) is 0 Å². The van der Waals surface area contributed by atoms with Gasteiger partial charge in [0, 0.05) is 12.1 Å². The lowest BCUT2D eigenvalue weighted by Gasteiger charge is -2.30. The van der Waals surface area contributed by atoms with Crippen LogP contribution in [0.2, 0.25) is 0 Å². The van der Waals surface area contributed by atoms with E-state index in [1.165, 1.54) is 12.1 Å². The quantitative estimate of drug-likeness (QED) is 0.635. The second-order valence-corrected chi connectivity index (χ2v) is 6.31. The van der Waals surface area contributed by atoms with Crippen molar-refractivity contribution in [3.8, 4) is 0 Å². The van der Waals surface area contributed by atoms with E-state index in [2.05, 4.69) is 33.1 Å². The normalized spacial score (nSPS) is 15.3. The molecular formula is C15H24F2N2. The number of benzene rings is 1. The fourth-order valence-electron chi connectivity index (χ4n) is 1.94. The zero-order chi connectivity index (χ0) is 14.6. The Morgan fingerprint density at radius 1 is 1.26 bits per heavy atom. The van der Waals surface area contributed by atoms with Crippen LogP contribution in [0.1, 0.15) is 39.7 Å². The van der Waals surface area contributed by atoms with Crippen LogP contribution in [0, 0.1) is 23.0 Å². The number of nitrogens with one attached hydrogen (secondary N) is 1. The van der Waals surface area contributed by atoms with Gasteiger partial charge in [0.25, 0.3) is 0 Å². The van der Waals surface area contributed by atoms with Crippen molar-refractivity contribution >= 4 is 0 Å². The third-order valence-corrected chi connectivity index (χ3v) is 3.83. The number of nitrogens with two attached hydrogens (primary N) is 1. The van der Waals surface area contributed by atoms with Gasteiger partial charge in [0.1, 0.15) is 11.6 Å². The monoisotopic (exact) mass is 270 g/mol. The van der Waals surface area contributed by atoms with Crippen molar-refractivity contribution in [2.45, 2.75) is 46.6 Å². The SMILES string of the molecule is CC(CC(Cc1ccc(F)cc1F)NN)C(C)(C)C. The molecule has 1 aromatic carbocycles. The van der Waals surface area contributed by atoms with Crippen LogP contribution in [0.5, 0.6) is 0 Å². The van der Waals surface area contributed by atoms with E-state index in [-0.39, 0.29) is 11.5 Å². The molecule has 3 N–H and O–H groups in total. The van der Waals surface area contributed by atoms with E-state index in [0.717, 1.165) is 12.5 Å². The molecule has 0 aromatic heterocycles. The fourth-order valence-corrected chi connectivity index (χ4v) is 1.94. The Balaban J connectivity index is 2.72. The van der Waals surface area contributed by atoms with E-state index in [9.17, 15) is 8.78 Å². The second-order valence-electron chi connectivity index (χ2n) is 6.31. The van der Waals surface area contributed by atoms with Gasteiger partial charge in [-0.25, -0.2) is 8.78 Å². The molecule has 0 heterocycles. The molecule has 1 aromatic rings. The molecule has 108 valence electrons. The molecule has 0 aliphatic carbocycles. The predicted octanol–water partition coefficient (Wildman–Crippen LogP) is 3.41. The summed E-state index contributed by atoms with van der Waals surface area (Å²) >= 11 is 0. The summed E-state index contributed by atoms with van der Waals surface area (Å²) in [5.41, 5.74) is 3.40. The van der Waals surface area contributed by atoms with Crippen molar-refractivity contribution in [1.82, 2.24) is 5.43 Å². The van der Waals surface area contributed by atoms with Crippen molar-refractivity contribution in [3.05, 3.63) is 35.4 Å². The molecule has 0 saturated heterocycles. The molecule has 19 heavy (non-hydrogen) atoms. The van der Waals surface area contributed by atoms with E-state index in [1.807, 2.05) is 0 Å². The Kier molecular flexibility index (Phi) is 5.44. The van der Waals surface area contributed by atoms with Gasteiger partial charge in [0.05, 0.1) is 0 Å². The molecule has 0 spiro atoms. The van der Waals surface area contributed by atoms with Gasteiger partial charge in [0.2, 0.25) is 0 Å². The highest BCUT2D eigenvalue weighted by atomic mass is 19.1. The standard InChI is InChI=1S/C15H24F2N2/c1-10(15(2,3)4)7-13(19-18)8-11-5-6-12(16)9-14(11)17/h5-6,9-10,13,19H,7-8,18H2,1-4H3. The van der Waals surface area contributed by atoms with Crippen LogP contribution >= 0.6 is 0 Å². The molecule has 0 amide bonds. The highest BCUT2D eigenvalue weighted by molar-refractivity contribution is 5.19. The maximum absolute atomic E-state index is 13.6. The van der Waals surface area contributed by atoms with E-state index in [0.29, 0.717) is 17.9 Å². The number of hydrogen-bond acceptors (Lipinski definition) is 2. The molecule has 2 atom stereocenters. The van der Waals surface area contributed by atoms with Gasteiger partial charge in [-0.2, -0.15) is 0 Å². The molecule has 2 nitrogen and oxygen atoms in total. The molecular weight excluding hydrogens is 246 g/mol.